The van der Waals surface area contributed by atoms with Crippen molar-refractivity contribution in [1.29, 1.82) is 0 Å². The SMILES string of the molecule is COc1cccc(C(=O)Nc2cccc(-c3csc(-c4sc(NC(=O)CC5CCC5CC(C)(C)C)nc4N)n3)c2)c1. The minimum absolute atomic E-state index is 0.0125. The van der Waals surface area contributed by atoms with Crippen molar-refractivity contribution in [2.24, 2.45) is 17.3 Å². The first kappa shape index (κ1) is 28.8. The van der Waals surface area contributed by atoms with Gasteiger partial charge in [0.1, 0.15) is 21.5 Å². The minimum atomic E-state index is -0.228. The van der Waals surface area contributed by atoms with Gasteiger partial charge in [0.25, 0.3) is 5.91 Å². The molecule has 1 fully saturated rings. The molecule has 1 aliphatic carbocycles. The first-order valence-electron chi connectivity index (χ1n) is 13.7. The van der Waals surface area contributed by atoms with Gasteiger partial charge in [0.05, 0.1) is 12.8 Å². The zero-order valence-electron chi connectivity index (χ0n) is 23.7. The molecule has 2 aromatic carbocycles. The van der Waals surface area contributed by atoms with Crippen molar-refractivity contribution in [3.8, 4) is 26.9 Å². The maximum Gasteiger partial charge on any atom is 0.255 e. The van der Waals surface area contributed by atoms with Crippen molar-refractivity contribution in [3.05, 3.63) is 59.5 Å². The van der Waals surface area contributed by atoms with Gasteiger partial charge in [-0.25, -0.2) is 9.97 Å². The molecule has 0 bridgehead atoms. The Hall–Kier alpha value is -3.76. The van der Waals surface area contributed by atoms with E-state index in [0.717, 1.165) is 34.0 Å². The lowest BCUT2D eigenvalue weighted by Crippen LogP contribution is -2.32. The number of nitrogens with one attached hydrogen (secondary N) is 2. The highest BCUT2D eigenvalue weighted by Gasteiger charge is 2.35. The predicted molar refractivity (Wildman–Crippen MR) is 168 cm³/mol. The summed E-state index contributed by atoms with van der Waals surface area (Å²) < 4.78 is 5.22. The van der Waals surface area contributed by atoms with E-state index >= 15 is 0 Å². The molecule has 2 aromatic heterocycles. The van der Waals surface area contributed by atoms with Crippen LogP contribution in [0.3, 0.4) is 0 Å². The lowest BCUT2D eigenvalue weighted by molar-refractivity contribution is -0.118. The van der Waals surface area contributed by atoms with E-state index in [1.165, 1.54) is 29.1 Å². The maximum absolute atomic E-state index is 12.8. The van der Waals surface area contributed by atoms with E-state index in [2.05, 4.69) is 36.4 Å². The summed E-state index contributed by atoms with van der Waals surface area (Å²) in [4.78, 5) is 35.4. The Kier molecular flexibility index (Phi) is 8.42. The number of hydrogen-bond acceptors (Lipinski definition) is 8. The molecule has 4 N–H and O–H groups in total. The number of methoxy groups -OCH3 is 1. The molecule has 2 amide bonds. The van der Waals surface area contributed by atoms with E-state index in [4.69, 9.17) is 15.5 Å². The molecule has 1 aliphatic rings. The number of nitrogens with zero attached hydrogens (tertiary/aromatic N) is 2. The zero-order valence-corrected chi connectivity index (χ0v) is 25.3. The fourth-order valence-corrected chi connectivity index (χ4v) is 6.97. The van der Waals surface area contributed by atoms with Gasteiger partial charge < -0.3 is 21.1 Å². The molecule has 0 saturated heterocycles. The second-order valence-corrected chi connectivity index (χ2v) is 13.5. The molecule has 1 saturated carbocycles. The molecule has 5 rings (SSSR count). The van der Waals surface area contributed by atoms with Gasteiger partial charge in [-0.05, 0) is 66.8 Å². The Balaban J connectivity index is 1.23. The number of ether oxygens (including phenoxy) is 1. The Morgan fingerprint density at radius 1 is 1.05 bits per heavy atom. The molecule has 10 heteroatoms. The van der Waals surface area contributed by atoms with Gasteiger partial charge >= 0.3 is 0 Å². The van der Waals surface area contributed by atoms with Crippen molar-refractivity contribution in [2.45, 2.75) is 46.5 Å². The number of anilines is 3. The van der Waals surface area contributed by atoms with Crippen LogP contribution >= 0.6 is 22.7 Å². The number of hydrogen-bond donors (Lipinski definition) is 3. The molecule has 41 heavy (non-hydrogen) atoms. The van der Waals surface area contributed by atoms with Crippen LogP contribution < -0.4 is 21.1 Å². The Labute approximate surface area is 248 Å². The first-order chi connectivity index (χ1) is 19.6. The Morgan fingerprint density at radius 3 is 2.56 bits per heavy atom. The quantitative estimate of drug-likeness (QED) is 0.185. The van der Waals surface area contributed by atoms with Crippen molar-refractivity contribution in [2.75, 3.05) is 23.5 Å². The minimum Gasteiger partial charge on any atom is -0.497 e. The lowest BCUT2D eigenvalue weighted by Gasteiger charge is -2.40. The number of benzene rings is 2. The molecule has 0 radical (unpaired) electrons. The van der Waals surface area contributed by atoms with Crippen LogP contribution in [-0.4, -0.2) is 28.9 Å². The average molecular weight is 590 g/mol. The molecular formula is C31H35N5O3S2. The second kappa shape index (κ2) is 12.0. The summed E-state index contributed by atoms with van der Waals surface area (Å²) in [7, 11) is 1.57. The average Bonchev–Trinajstić information content (AvgIpc) is 3.56. The smallest absolute Gasteiger partial charge is 0.255 e. The van der Waals surface area contributed by atoms with Crippen LogP contribution in [-0.2, 0) is 4.79 Å². The van der Waals surface area contributed by atoms with E-state index in [1.807, 2.05) is 29.6 Å². The van der Waals surface area contributed by atoms with Crippen molar-refractivity contribution in [1.82, 2.24) is 9.97 Å². The number of thiazole rings is 2. The number of nitrogen functional groups attached to an aromatic ring is 1. The van der Waals surface area contributed by atoms with Crippen LogP contribution in [0.1, 0.15) is 56.8 Å². The molecule has 214 valence electrons. The van der Waals surface area contributed by atoms with Gasteiger partial charge in [-0.15, -0.1) is 11.3 Å². The van der Waals surface area contributed by atoms with Gasteiger partial charge in [-0.1, -0.05) is 50.3 Å². The molecule has 2 heterocycles. The summed E-state index contributed by atoms with van der Waals surface area (Å²) in [6.45, 7) is 6.76. The third kappa shape index (κ3) is 7.12. The lowest BCUT2D eigenvalue weighted by atomic mass is 9.66. The fourth-order valence-electron chi connectivity index (χ4n) is 5.14. The molecule has 8 nitrogen and oxygen atoms in total. The van der Waals surface area contributed by atoms with E-state index in [9.17, 15) is 9.59 Å². The number of nitrogens with two attached hydrogens (primary N) is 1. The Morgan fingerprint density at radius 2 is 1.83 bits per heavy atom. The van der Waals surface area contributed by atoms with Gasteiger partial charge in [-0.2, -0.15) is 0 Å². The fraction of sp³-hybridized carbons (Fsp3) is 0.355. The normalized spacial score (nSPS) is 16.6. The molecule has 4 aromatic rings. The van der Waals surface area contributed by atoms with Crippen molar-refractivity contribution < 1.29 is 14.3 Å². The molecular weight excluding hydrogens is 555 g/mol. The monoisotopic (exact) mass is 589 g/mol. The Bertz CT molecular complexity index is 1560. The standard InChI is InChI=1S/C31H35N5O3S2/c1-31(2,3)16-21-12-11-18(21)15-25(37)35-30-36-27(32)26(41-30)29-34-24(17-40-29)19-7-5-9-22(13-19)33-28(38)20-8-6-10-23(14-20)39-4/h5-10,13-14,17-18,21H,11-12,15-16,32H2,1-4H3,(H,33,38)(H,35,36,37). The van der Waals surface area contributed by atoms with Crippen LogP contribution in [0.2, 0.25) is 0 Å². The third-order valence-electron chi connectivity index (χ3n) is 7.24. The number of aromatic nitrogens is 2. The summed E-state index contributed by atoms with van der Waals surface area (Å²) in [5, 5.41) is 9.06. The first-order valence-corrected chi connectivity index (χ1v) is 15.4. The topological polar surface area (TPSA) is 119 Å². The van der Waals surface area contributed by atoms with Crippen molar-refractivity contribution >= 4 is 51.1 Å². The van der Waals surface area contributed by atoms with Crippen LogP contribution in [0.25, 0.3) is 21.1 Å². The summed E-state index contributed by atoms with van der Waals surface area (Å²) in [5.41, 5.74) is 9.30. The highest BCUT2D eigenvalue weighted by molar-refractivity contribution is 7.23. The second-order valence-electron chi connectivity index (χ2n) is 11.7. The van der Waals surface area contributed by atoms with Crippen LogP contribution in [0.4, 0.5) is 16.6 Å². The largest absolute Gasteiger partial charge is 0.497 e. The van der Waals surface area contributed by atoms with E-state index in [1.54, 1.807) is 31.4 Å². The van der Waals surface area contributed by atoms with Crippen LogP contribution in [0.5, 0.6) is 5.75 Å². The van der Waals surface area contributed by atoms with Crippen molar-refractivity contribution in [3.63, 3.8) is 0 Å². The zero-order chi connectivity index (χ0) is 29.1. The van der Waals surface area contributed by atoms with E-state index in [-0.39, 0.29) is 17.2 Å². The van der Waals surface area contributed by atoms with Gasteiger partial charge in [0, 0.05) is 28.6 Å². The molecule has 0 spiro atoms. The maximum atomic E-state index is 12.8. The number of rotatable bonds is 9. The summed E-state index contributed by atoms with van der Waals surface area (Å²) in [6.07, 6.45) is 3.96. The van der Waals surface area contributed by atoms with E-state index < -0.39 is 0 Å². The molecule has 0 aliphatic heterocycles. The van der Waals surface area contributed by atoms with Gasteiger partial charge in [0.15, 0.2) is 5.13 Å². The third-order valence-corrected chi connectivity index (χ3v) is 9.23. The summed E-state index contributed by atoms with van der Waals surface area (Å²) in [6, 6.07) is 14.5. The summed E-state index contributed by atoms with van der Waals surface area (Å²) in [5.74, 6) is 1.77. The van der Waals surface area contributed by atoms with Crippen LogP contribution in [0.15, 0.2) is 53.9 Å². The number of carbonyl (C=O) groups excluding carboxylic acids is 2. The predicted octanol–water partition coefficient (Wildman–Crippen LogP) is 7.57. The molecule has 2 atom stereocenters. The van der Waals surface area contributed by atoms with Gasteiger partial charge in [-0.3, -0.25) is 9.59 Å². The van der Waals surface area contributed by atoms with Gasteiger partial charge in [0.2, 0.25) is 5.91 Å². The van der Waals surface area contributed by atoms with Crippen LogP contribution in [0, 0.1) is 17.3 Å². The highest BCUT2D eigenvalue weighted by atomic mass is 32.1. The number of carbonyl (C=O) groups is 2. The highest BCUT2D eigenvalue weighted by Crippen LogP contribution is 2.44. The number of amides is 2. The molecule has 2 unspecified atom stereocenters. The van der Waals surface area contributed by atoms with E-state index in [0.29, 0.717) is 46.2 Å². The summed E-state index contributed by atoms with van der Waals surface area (Å²) >= 11 is 2.80.